The van der Waals surface area contributed by atoms with E-state index in [2.05, 4.69) is 11.4 Å². The first-order chi connectivity index (χ1) is 9.06. The largest absolute Gasteiger partial charge is 2.00 e. The molecular weight excluding hydrogens is 287 g/mol. The third-order valence-electron chi connectivity index (χ3n) is 3.25. The molecule has 0 aromatic carbocycles. The molecule has 0 atom stereocenters. The average Bonchev–Trinajstić information content (AvgIpc) is 2.34. The smallest absolute Gasteiger partial charge is 0.790 e. The maximum atomic E-state index is 10.2. The van der Waals surface area contributed by atoms with Crippen LogP contribution in [0.3, 0.4) is 0 Å². The molecule has 0 amide bonds. The van der Waals surface area contributed by atoms with Gasteiger partial charge in [-0.05, 0) is 6.42 Å². The molecule has 6 heteroatoms. The maximum Gasteiger partial charge on any atom is 2.00 e. The summed E-state index contributed by atoms with van der Waals surface area (Å²) in [6.07, 6.45) is 14.6. The topological polar surface area (TPSA) is 72.4 Å². The van der Waals surface area contributed by atoms with E-state index >= 15 is 0 Å². The van der Waals surface area contributed by atoms with E-state index in [1.807, 2.05) is 0 Å². The van der Waals surface area contributed by atoms with Crippen molar-refractivity contribution in [2.45, 2.75) is 84.0 Å². The third-order valence-corrected chi connectivity index (χ3v) is 3.75. The quantitative estimate of drug-likeness (QED) is 0.280. The summed E-state index contributed by atoms with van der Waals surface area (Å²) in [5.41, 5.74) is 0. The molecule has 4 nitrogen and oxygen atoms in total. The molecule has 0 fully saturated rings. The molecular formula is C14H29MgO4P. The summed E-state index contributed by atoms with van der Waals surface area (Å²) >= 11 is 0. The van der Waals surface area contributed by atoms with Gasteiger partial charge in [-0.15, -0.1) is 0 Å². The van der Waals surface area contributed by atoms with Gasteiger partial charge in [-0.2, -0.15) is 0 Å². The van der Waals surface area contributed by atoms with Crippen LogP contribution in [0.2, 0.25) is 0 Å². The van der Waals surface area contributed by atoms with Crippen molar-refractivity contribution in [1.29, 1.82) is 0 Å². The molecule has 0 radical (unpaired) electrons. The van der Waals surface area contributed by atoms with Crippen molar-refractivity contribution in [3.8, 4) is 0 Å². The van der Waals surface area contributed by atoms with Crippen LogP contribution in [-0.2, 0) is 9.09 Å². The maximum absolute atomic E-state index is 10.2. The van der Waals surface area contributed by atoms with E-state index in [-0.39, 0.29) is 29.7 Å². The standard InChI is InChI=1S/C14H31O4P.Mg/c1-2-3-4-5-6-7-8-9-10-11-12-13-14-18-19(15,16)17;/h2-14H2,1H3,(H2,15,16,17);/q;+2/p-2. The molecule has 0 spiro atoms. The normalized spacial score (nSPS) is 11.3. The van der Waals surface area contributed by atoms with Crippen LogP contribution in [0.5, 0.6) is 0 Å². The van der Waals surface area contributed by atoms with Gasteiger partial charge in [-0.1, -0.05) is 77.6 Å². The summed E-state index contributed by atoms with van der Waals surface area (Å²) in [5.74, 6) is 0. The molecule has 0 N–H and O–H groups in total. The first-order valence-electron chi connectivity index (χ1n) is 7.73. The summed E-state index contributed by atoms with van der Waals surface area (Å²) < 4.78 is 14.3. The van der Waals surface area contributed by atoms with Gasteiger partial charge in [0.25, 0.3) is 0 Å². The second-order valence-corrected chi connectivity index (χ2v) is 6.32. The fourth-order valence-electron chi connectivity index (χ4n) is 2.12. The van der Waals surface area contributed by atoms with Gasteiger partial charge in [0.2, 0.25) is 0 Å². The van der Waals surface area contributed by atoms with Crippen LogP contribution in [0.15, 0.2) is 0 Å². The summed E-state index contributed by atoms with van der Waals surface area (Å²) in [7, 11) is -4.75. The Bertz CT molecular complexity index is 233. The number of rotatable bonds is 14. The summed E-state index contributed by atoms with van der Waals surface area (Å²) in [6, 6.07) is 0. The summed E-state index contributed by atoms with van der Waals surface area (Å²) in [4.78, 5) is 20.4. The zero-order chi connectivity index (χ0) is 14.4. The Morgan fingerprint density at radius 3 is 1.45 bits per heavy atom. The second kappa shape index (κ2) is 16.3. The molecule has 20 heavy (non-hydrogen) atoms. The van der Waals surface area contributed by atoms with Gasteiger partial charge in [0.05, 0.1) is 14.4 Å². The Labute approximate surface area is 140 Å². The van der Waals surface area contributed by atoms with Crippen LogP contribution in [0, 0.1) is 0 Å². The van der Waals surface area contributed by atoms with Gasteiger partial charge >= 0.3 is 23.1 Å². The van der Waals surface area contributed by atoms with Crippen molar-refractivity contribution in [1.82, 2.24) is 0 Å². The van der Waals surface area contributed by atoms with Crippen molar-refractivity contribution < 1.29 is 18.9 Å². The van der Waals surface area contributed by atoms with Gasteiger partial charge in [0.1, 0.15) is 0 Å². The SMILES string of the molecule is CCCCCCCCCCCCCCOP(=O)([O-])[O-].[Mg+2]. The Hall–Kier alpha value is 0.876. The fourth-order valence-corrected chi connectivity index (χ4v) is 2.47. The predicted octanol–water partition coefficient (Wildman–Crippen LogP) is 3.15. The monoisotopic (exact) mass is 316 g/mol. The minimum Gasteiger partial charge on any atom is -0.790 e. The molecule has 0 aliphatic heterocycles. The van der Waals surface area contributed by atoms with Crippen LogP contribution < -0.4 is 9.79 Å². The van der Waals surface area contributed by atoms with E-state index in [9.17, 15) is 14.4 Å². The van der Waals surface area contributed by atoms with Crippen molar-refractivity contribution in [3.05, 3.63) is 0 Å². The van der Waals surface area contributed by atoms with Crippen LogP contribution in [0.25, 0.3) is 0 Å². The van der Waals surface area contributed by atoms with E-state index in [0.29, 0.717) is 6.42 Å². The molecule has 0 bridgehead atoms. The second-order valence-electron chi connectivity index (χ2n) is 5.17. The van der Waals surface area contributed by atoms with Crippen LogP contribution >= 0.6 is 7.82 Å². The summed E-state index contributed by atoms with van der Waals surface area (Å²) in [6.45, 7) is 2.28. The first-order valence-corrected chi connectivity index (χ1v) is 9.19. The van der Waals surface area contributed by atoms with E-state index < -0.39 is 7.82 Å². The average molecular weight is 317 g/mol. The van der Waals surface area contributed by atoms with Crippen molar-refractivity contribution >= 4 is 30.9 Å². The van der Waals surface area contributed by atoms with Crippen molar-refractivity contribution in [2.75, 3.05) is 6.61 Å². The molecule has 0 aliphatic rings. The zero-order valence-corrected chi connectivity index (χ0v) is 15.3. The van der Waals surface area contributed by atoms with Crippen LogP contribution in [0.4, 0.5) is 0 Å². The van der Waals surface area contributed by atoms with Crippen molar-refractivity contribution in [2.24, 2.45) is 0 Å². The molecule has 116 valence electrons. The van der Waals surface area contributed by atoms with Gasteiger partial charge in [0.15, 0.2) is 0 Å². The summed E-state index contributed by atoms with van der Waals surface area (Å²) in [5, 5.41) is 0. The van der Waals surface area contributed by atoms with Crippen molar-refractivity contribution in [3.63, 3.8) is 0 Å². The van der Waals surface area contributed by atoms with E-state index in [4.69, 9.17) is 0 Å². The molecule has 0 saturated carbocycles. The minimum atomic E-state index is -4.75. The first kappa shape index (κ1) is 23.1. The number of hydrogen-bond acceptors (Lipinski definition) is 4. The fraction of sp³-hybridized carbons (Fsp3) is 1.00. The minimum absolute atomic E-state index is 0. The van der Waals surface area contributed by atoms with Gasteiger partial charge < -0.3 is 18.9 Å². The molecule has 0 aliphatic carbocycles. The Kier molecular flexibility index (Phi) is 18.8. The Morgan fingerprint density at radius 1 is 0.750 bits per heavy atom. The number of unbranched alkanes of at least 4 members (excludes halogenated alkanes) is 11. The van der Waals surface area contributed by atoms with Gasteiger partial charge in [-0.25, -0.2) is 0 Å². The Morgan fingerprint density at radius 2 is 1.10 bits per heavy atom. The number of phosphoric ester groups is 1. The van der Waals surface area contributed by atoms with Gasteiger partial charge in [0, 0.05) is 0 Å². The van der Waals surface area contributed by atoms with E-state index in [1.165, 1.54) is 57.8 Å². The molecule has 0 saturated heterocycles. The Balaban J connectivity index is 0. The third kappa shape index (κ3) is 21.2. The van der Waals surface area contributed by atoms with E-state index in [0.717, 1.165) is 12.8 Å². The molecule has 0 aromatic rings. The molecule has 0 heterocycles. The van der Waals surface area contributed by atoms with Crippen LogP contribution in [-0.4, -0.2) is 29.7 Å². The van der Waals surface area contributed by atoms with Crippen LogP contribution in [0.1, 0.15) is 84.0 Å². The molecule has 0 rings (SSSR count). The van der Waals surface area contributed by atoms with Gasteiger partial charge in [-0.3, -0.25) is 0 Å². The van der Waals surface area contributed by atoms with E-state index in [1.54, 1.807) is 0 Å². The number of phosphoric acid groups is 1. The molecule has 0 aromatic heterocycles. The number of hydrogen-bond donors (Lipinski definition) is 0. The zero-order valence-electron chi connectivity index (χ0n) is 13.0. The predicted molar refractivity (Wildman–Crippen MR) is 80.4 cm³/mol. The molecule has 0 unspecified atom stereocenters.